The lowest BCUT2D eigenvalue weighted by atomic mass is 9.97. The first kappa shape index (κ1) is 22.0. The molecule has 3 rings (SSSR count). The van der Waals surface area contributed by atoms with Gasteiger partial charge in [0, 0.05) is 11.1 Å². The lowest BCUT2D eigenvalue weighted by Crippen LogP contribution is -1.90. The third kappa shape index (κ3) is 4.56. The summed E-state index contributed by atoms with van der Waals surface area (Å²) in [6.07, 6.45) is 6.27. The number of hydrogen-bond acceptors (Lipinski definition) is 6. The van der Waals surface area contributed by atoms with Gasteiger partial charge in [-0.3, -0.25) is 0 Å². The van der Waals surface area contributed by atoms with Crippen LogP contribution in [0.3, 0.4) is 0 Å². The van der Waals surface area contributed by atoms with E-state index in [-0.39, 0.29) is 23.0 Å². The minimum atomic E-state index is -0.0173. The van der Waals surface area contributed by atoms with Crippen LogP contribution in [0, 0.1) is 36.5 Å². The Kier molecular flexibility index (Phi) is 6.19. The number of hydrogen-bond donors (Lipinski definition) is 4. The standard InChI is InChI=1S/C26H20N2O4/c1-15-7-25(31)19(11-23(15)29)5-3-17-9-22(14-28)18(10-21(17)13-27)4-6-20-12-24(30)16(2)8-26(20)32/h3-12,29-32H,1-2H3/b5-3+,6-4+. The SMILES string of the molecule is Cc1cc(O)c(/C=C/c2cc(C#N)c(/C=C/c3cc(O)c(C)cc3O)cc2C#N)cc1O. The number of phenols is 4. The molecule has 0 aliphatic carbocycles. The van der Waals surface area contributed by atoms with Crippen molar-refractivity contribution in [1.82, 2.24) is 0 Å². The van der Waals surface area contributed by atoms with Crippen LogP contribution < -0.4 is 0 Å². The number of phenolic OH excluding ortho intramolecular Hbond substituents is 4. The summed E-state index contributed by atoms with van der Waals surface area (Å²) in [5, 5.41) is 59.0. The van der Waals surface area contributed by atoms with Crippen LogP contribution in [0.15, 0.2) is 36.4 Å². The fraction of sp³-hybridized carbons (Fsp3) is 0.0769. The van der Waals surface area contributed by atoms with Crippen LogP contribution in [0.25, 0.3) is 24.3 Å². The number of benzene rings is 3. The van der Waals surface area contributed by atoms with E-state index in [2.05, 4.69) is 12.1 Å². The predicted octanol–water partition coefficient (Wildman–Crippen LogP) is 5.21. The molecule has 32 heavy (non-hydrogen) atoms. The molecular formula is C26H20N2O4. The molecule has 158 valence electrons. The van der Waals surface area contributed by atoms with Gasteiger partial charge in [-0.2, -0.15) is 10.5 Å². The van der Waals surface area contributed by atoms with Crippen LogP contribution in [0.1, 0.15) is 44.5 Å². The van der Waals surface area contributed by atoms with E-state index >= 15 is 0 Å². The Morgan fingerprint density at radius 3 is 1.22 bits per heavy atom. The van der Waals surface area contributed by atoms with E-state index in [9.17, 15) is 30.9 Å². The molecule has 0 aliphatic heterocycles. The molecule has 0 fully saturated rings. The second-order valence-corrected chi connectivity index (χ2v) is 7.31. The van der Waals surface area contributed by atoms with E-state index in [1.54, 1.807) is 50.3 Å². The maximum Gasteiger partial charge on any atom is 0.123 e. The Labute approximate surface area is 185 Å². The molecule has 0 amide bonds. The van der Waals surface area contributed by atoms with Crippen molar-refractivity contribution in [1.29, 1.82) is 10.5 Å². The van der Waals surface area contributed by atoms with Crippen LogP contribution in [-0.4, -0.2) is 20.4 Å². The average molecular weight is 424 g/mol. The molecule has 0 bridgehead atoms. The van der Waals surface area contributed by atoms with Crippen LogP contribution >= 0.6 is 0 Å². The molecule has 0 atom stereocenters. The van der Waals surface area contributed by atoms with E-state index in [4.69, 9.17) is 0 Å². The largest absolute Gasteiger partial charge is 0.508 e. The lowest BCUT2D eigenvalue weighted by Gasteiger charge is -2.06. The summed E-state index contributed by atoms with van der Waals surface area (Å²) < 4.78 is 0. The number of aryl methyl sites for hydroxylation is 2. The maximum atomic E-state index is 10.1. The van der Waals surface area contributed by atoms with E-state index < -0.39 is 0 Å². The fourth-order valence-corrected chi connectivity index (χ4v) is 3.12. The Hall–Kier alpha value is -4.68. The highest BCUT2D eigenvalue weighted by molar-refractivity contribution is 5.80. The molecule has 0 radical (unpaired) electrons. The van der Waals surface area contributed by atoms with Crippen LogP contribution in [0.5, 0.6) is 23.0 Å². The van der Waals surface area contributed by atoms with Crippen molar-refractivity contribution in [3.8, 4) is 35.1 Å². The predicted molar refractivity (Wildman–Crippen MR) is 123 cm³/mol. The number of aromatic hydroxyl groups is 4. The van der Waals surface area contributed by atoms with Gasteiger partial charge in [-0.1, -0.05) is 24.3 Å². The molecule has 0 saturated heterocycles. The van der Waals surface area contributed by atoms with Crippen molar-refractivity contribution in [2.45, 2.75) is 13.8 Å². The summed E-state index contributed by atoms with van der Waals surface area (Å²) in [4.78, 5) is 0. The van der Waals surface area contributed by atoms with E-state index in [0.717, 1.165) is 0 Å². The molecular weight excluding hydrogens is 404 g/mol. The van der Waals surface area contributed by atoms with Gasteiger partial charge >= 0.3 is 0 Å². The Bertz CT molecular complexity index is 1250. The van der Waals surface area contributed by atoms with Crippen molar-refractivity contribution in [3.05, 3.63) is 80.9 Å². The molecule has 0 aromatic heterocycles. The van der Waals surface area contributed by atoms with Gasteiger partial charge in [0.05, 0.1) is 23.3 Å². The summed E-state index contributed by atoms with van der Waals surface area (Å²) in [6.45, 7) is 3.33. The van der Waals surface area contributed by atoms with Crippen LogP contribution in [0.2, 0.25) is 0 Å². The van der Waals surface area contributed by atoms with E-state index in [0.29, 0.717) is 44.5 Å². The highest BCUT2D eigenvalue weighted by Gasteiger charge is 2.09. The van der Waals surface area contributed by atoms with Gasteiger partial charge in [-0.05, 0) is 72.5 Å². The molecule has 0 unspecified atom stereocenters. The highest BCUT2D eigenvalue weighted by atomic mass is 16.3. The molecule has 4 N–H and O–H groups in total. The summed E-state index contributed by atoms with van der Waals surface area (Å²) in [7, 11) is 0. The summed E-state index contributed by atoms with van der Waals surface area (Å²) >= 11 is 0. The normalized spacial score (nSPS) is 11.0. The molecule has 3 aromatic carbocycles. The second kappa shape index (κ2) is 8.99. The van der Waals surface area contributed by atoms with Gasteiger partial charge in [-0.15, -0.1) is 0 Å². The molecule has 0 spiro atoms. The van der Waals surface area contributed by atoms with Crippen LogP contribution in [-0.2, 0) is 0 Å². The zero-order valence-corrected chi connectivity index (χ0v) is 17.5. The highest BCUT2D eigenvalue weighted by Crippen LogP contribution is 2.30. The molecule has 6 heteroatoms. The Balaban J connectivity index is 2.01. The number of nitrogens with zero attached hydrogens (tertiary/aromatic N) is 2. The van der Waals surface area contributed by atoms with Gasteiger partial charge in [0.2, 0.25) is 0 Å². The molecule has 3 aromatic rings. The van der Waals surface area contributed by atoms with Crippen molar-refractivity contribution < 1.29 is 20.4 Å². The smallest absolute Gasteiger partial charge is 0.123 e. The molecule has 6 nitrogen and oxygen atoms in total. The number of rotatable bonds is 4. The van der Waals surface area contributed by atoms with Crippen molar-refractivity contribution >= 4 is 24.3 Å². The van der Waals surface area contributed by atoms with Crippen LogP contribution in [0.4, 0.5) is 0 Å². The topological polar surface area (TPSA) is 128 Å². The van der Waals surface area contributed by atoms with E-state index in [1.165, 1.54) is 24.3 Å². The lowest BCUT2D eigenvalue weighted by molar-refractivity contribution is 0.456. The zero-order chi connectivity index (χ0) is 23.4. The van der Waals surface area contributed by atoms with E-state index in [1.807, 2.05) is 0 Å². The van der Waals surface area contributed by atoms with Gasteiger partial charge in [0.25, 0.3) is 0 Å². The Morgan fingerprint density at radius 2 is 0.875 bits per heavy atom. The maximum absolute atomic E-state index is 10.1. The minimum absolute atomic E-state index is 0.0173. The van der Waals surface area contributed by atoms with Crippen molar-refractivity contribution in [2.24, 2.45) is 0 Å². The van der Waals surface area contributed by atoms with Gasteiger partial charge in [0.15, 0.2) is 0 Å². The first-order chi connectivity index (χ1) is 15.2. The third-order valence-corrected chi connectivity index (χ3v) is 5.04. The summed E-state index contributed by atoms with van der Waals surface area (Å²) in [5.41, 5.74) is 3.34. The zero-order valence-electron chi connectivity index (χ0n) is 17.5. The molecule has 0 heterocycles. The van der Waals surface area contributed by atoms with Gasteiger partial charge in [0.1, 0.15) is 23.0 Å². The minimum Gasteiger partial charge on any atom is -0.508 e. The average Bonchev–Trinajstić information content (AvgIpc) is 2.76. The van der Waals surface area contributed by atoms with Gasteiger partial charge < -0.3 is 20.4 Å². The number of nitriles is 2. The first-order valence-corrected chi connectivity index (χ1v) is 9.63. The van der Waals surface area contributed by atoms with Crippen molar-refractivity contribution in [2.75, 3.05) is 0 Å². The first-order valence-electron chi connectivity index (χ1n) is 9.63. The quantitative estimate of drug-likeness (QED) is 0.336. The molecule has 0 aliphatic rings. The second-order valence-electron chi connectivity index (χ2n) is 7.31. The fourth-order valence-electron chi connectivity index (χ4n) is 3.12. The molecule has 0 saturated carbocycles. The summed E-state index contributed by atoms with van der Waals surface area (Å²) in [6, 6.07) is 13.0. The summed E-state index contributed by atoms with van der Waals surface area (Å²) in [5.74, 6) is 0.0330. The van der Waals surface area contributed by atoms with Gasteiger partial charge in [-0.25, -0.2) is 0 Å². The Morgan fingerprint density at radius 1 is 0.531 bits per heavy atom. The van der Waals surface area contributed by atoms with Crippen molar-refractivity contribution in [3.63, 3.8) is 0 Å². The monoisotopic (exact) mass is 424 g/mol. The third-order valence-electron chi connectivity index (χ3n) is 5.04.